The van der Waals surface area contributed by atoms with Gasteiger partial charge in [0.1, 0.15) is 0 Å². The number of amides is 1. The Labute approximate surface area is 152 Å². The first-order valence-corrected chi connectivity index (χ1v) is 10.1. The van der Waals surface area contributed by atoms with Crippen molar-refractivity contribution in [1.82, 2.24) is 19.3 Å². The summed E-state index contributed by atoms with van der Waals surface area (Å²) in [6, 6.07) is 9.87. The van der Waals surface area contributed by atoms with Gasteiger partial charge in [-0.2, -0.15) is 9.29 Å². The molecule has 8 nitrogen and oxygen atoms in total. The third kappa shape index (κ3) is 3.94. The fraction of sp³-hybridized carbons (Fsp3) is 0.471. The molecule has 1 fully saturated rings. The van der Waals surface area contributed by atoms with Gasteiger partial charge in [-0.25, -0.2) is 8.42 Å². The van der Waals surface area contributed by atoms with Crippen LogP contribution in [0, 0.1) is 6.92 Å². The van der Waals surface area contributed by atoms with E-state index >= 15 is 0 Å². The number of nitrogens with zero attached hydrogens (tertiary/aromatic N) is 4. The summed E-state index contributed by atoms with van der Waals surface area (Å²) in [7, 11) is -2.01. The average molecular weight is 378 g/mol. The minimum Gasteiger partial charge on any atom is -0.340 e. The molecule has 0 saturated carbocycles. The molecular formula is C17H22N4O4S. The lowest BCUT2D eigenvalue weighted by molar-refractivity contribution is -0.130. The summed E-state index contributed by atoms with van der Waals surface area (Å²) >= 11 is 0. The van der Waals surface area contributed by atoms with Crippen LogP contribution in [-0.2, 0) is 14.8 Å². The van der Waals surface area contributed by atoms with Crippen LogP contribution in [0.4, 0.5) is 0 Å². The molecule has 2 heterocycles. The molecule has 1 aromatic carbocycles. The number of hydrogen-bond donors (Lipinski definition) is 0. The Bertz CT molecular complexity index is 881. The van der Waals surface area contributed by atoms with Gasteiger partial charge in [-0.05, 0) is 12.5 Å². The van der Waals surface area contributed by atoms with Gasteiger partial charge in [-0.3, -0.25) is 4.79 Å². The van der Waals surface area contributed by atoms with Gasteiger partial charge in [0.25, 0.3) is 0 Å². The largest absolute Gasteiger partial charge is 0.340 e. The lowest BCUT2D eigenvalue weighted by Gasteiger charge is -2.20. The molecule has 0 spiro atoms. The van der Waals surface area contributed by atoms with E-state index in [0.29, 0.717) is 24.8 Å². The van der Waals surface area contributed by atoms with E-state index < -0.39 is 10.0 Å². The Morgan fingerprint density at radius 2 is 1.92 bits per heavy atom. The minimum absolute atomic E-state index is 0.0172. The van der Waals surface area contributed by atoms with E-state index in [2.05, 4.69) is 10.1 Å². The maximum Gasteiger partial charge on any atom is 0.237 e. The summed E-state index contributed by atoms with van der Waals surface area (Å²) < 4.78 is 29.6. The van der Waals surface area contributed by atoms with Crippen LogP contribution < -0.4 is 0 Å². The first kappa shape index (κ1) is 18.5. The monoisotopic (exact) mass is 378 g/mol. The third-order valence-electron chi connectivity index (χ3n) is 4.68. The van der Waals surface area contributed by atoms with Gasteiger partial charge in [0.05, 0.1) is 18.7 Å². The summed E-state index contributed by atoms with van der Waals surface area (Å²) in [6.45, 7) is 2.46. The summed E-state index contributed by atoms with van der Waals surface area (Å²) in [6.07, 6.45) is 1.08. The van der Waals surface area contributed by atoms with E-state index in [9.17, 15) is 13.2 Å². The van der Waals surface area contributed by atoms with E-state index in [1.54, 1.807) is 11.8 Å². The van der Waals surface area contributed by atoms with Gasteiger partial charge in [-0.1, -0.05) is 35.5 Å². The lowest BCUT2D eigenvalue weighted by atomic mass is 9.89. The molecule has 140 valence electrons. The van der Waals surface area contributed by atoms with Crippen LogP contribution >= 0.6 is 0 Å². The zero-order valence-electron chi connectivity index (χ0n) is 15.0. The second-order valence-corrected chi connectivity index (χ2v) is 8.71. The maximum atomic E-state index is 12.6. The number of carbonyl (C=O) groups excluding carboxylic acids is 1. The summed E-state index contributed by atoms with van der Waals surface area (Å²) in [5.41, 5.74) is 1.08. The van der Waals surface area contributed by atoms with E-state index in [4.69, 9.17) is 4.52 Å². The highest BCUT2D eigenvalue weighted by atomic mass is 32.2. The Morgan fingerprint density at radius 1 is 1.27 bits per heavy atom. The number of hydrogen-bond acceptors (Lipinski definition) is 6. The molecule has 2 unspecified atom stereocenters. The number of sulfonamides is 1. The van der Waals surface area contributed by atoms with Crippen molar-refractivity contribution in [2.24, 2.45) is 0 Å². The first-order chi connectivity index (χ1) is 12.3. The summed E-state index contributed by atoms with van der Waals surface area (Å²) in [4.78, 5) is 18.6. The number of aromatic nitrogens is 2. The molecule has 0 bridgehead atoms. The van der Waals surface area contributed by atoms with Crippen LogP contribution in [0.15, 0.2) is 34.9 Å². The molecule has 3 rings (SSSR count). The SMILES string of the molecule is Cc1noc(C2CN(C(=O)CN(C)S(C)(=O)=O)CC2c2ccccc2)n1. The number of carbonyl (C=O) groups is 1. The molecule has 2 aromatic rings. The van der Waals surface area contributed by atoms with Crippen LogP contribution in [0.1, 0.15) is 29.1 Å². The molecule has 9 heteroatoms. The zero-order chi connectivity index (χ0) is 18.9. The first-order valence-electron chi connectivity index (χ1n) is 8.30. The van der Waals surface area contributed by atoms with Crippen LogP contribution in [0.2, 0.25) is 0 Å². The van der Waals surface area contributed by atoms with Crippen molar-refractivity contribution in [2.75, 3.05) is 32.9 Å². The quantitative estimate of drug-likeness (QED) is 0.769. The molecular weight excluding hydrogens is 356 g/mol. The number of aryl methyl sites for hydroxylation is 1. The van der Waals surface area contributed by atoms with Crippen LogP contribution in [0.3, 0.4) is 0 Å². The van der Waals surface area contributed by atoms with Gasteiger partial charge in [0.2, 0.25) is 21.8 Å². The van der Waals surface area contributed by atoms with Crippen molar-refractivity contribution in [3.8, 4) is 0 Å². The molecule has 1 amide bonds. The number of likely N-dealkylation sites (tertiary alicyclic amines) is 1. The maximum absolute atomic E-state index is 12.6. The smallest absolute Gasteiger partial charge is 0.237 e. The molecule has 1 aliphatic rings. The molecule has 0 radical (unpaired) electrons. The predicted octanol–water partition coefficient (Wildman–Crippen LogP) is 0.979. The van der Waals surface area contributed by atoms with E-state index in [1.165, 1.54) is 7.05 Å². The fourth-order valence-electron chi connectivity index (χ4n) is 3.17. The van der Waals surface area contributed by atoms with E-state index in [0.717, 1.165) is 16.1 Å². The Hall–Kier alpha value is -2.26. The Morgan fingerprint density at radius 3 is 2.50 bits per heavy atom. The van der Waals surface area contributed by atoms with Crippen molar-refractivity contribution in [1.29, 1.82) is 0 Å². The molecule has 1 aliphatic heterocycles. The normalized spacial score (nSPS) is 20.7. The average Bonchev–Trinajstić information content (AvgIpc) is 3.21. The van der Waals surface area contributed by atoms with Gasteiger partial charge >= 0.3 is 0 Å². The highest BCUT2D eigenvalue weighted by Crippen LogP contribution is 2.39. The Balaban J connectivity index is 1.83. The van der Waals surface area contributed by atoms with Gasteiger partial charge < -0.3 is 9.42 Å². The molecule has 1 aromatic heterocycles. The number of benzene rings is 1. The van der Waals surface area contributed by atoms with Crippen molar-refractivity contribution in [3.63, 3.8) is 0 Å². The second-order valence-electron chi connectivity index (χ2n) is 6.62. The van der Waals surface area contributed by atoms with Gasteiger partial charge in [0, 0.05) is 26.1 Å². The number of likely N-dealkylation sites (N-methyl/N-ethyl adjacent to an activating group) is 1. The van der Waals surface area contributed by atoms with Crippen molar-refractivity contribution in [3.05, 3.63) is 47.6 Å². The van der Waals surface area contributed by atoms with Crippen LogP contribution in [-0.4, -0.2) is 66.6 Å². The molecule has 2 atom stereocenters. The van der Waals surface area contributed by atoms with Crippen molar-refractivity contribution < 1.29 is 17.7 Å². The highest BCUT2D eigenvalue weighted by Gasteiger charge is 2.40. The molecule has 0 aliphatic carbocycles. The van der Waals surface area contributed by atoms with Crippen molar-refractivity contribution in [2.45, 2.75) is 18.8 Å². The van der Waals surface area contributed by atoms with Crippen LogP contribution in [0.5, 0.6) is 0 Å². The zero-order valence-corrected chi connectivity index (χ0v) is 15.8. The summed E-state index contributed by atoms with van der Waals surface area (Å²) in [5.74, 6) is 0.712. The molecule has 0 N–H and O–H groups in total. The Kier molecular flexibility index (Phi) is 5.10. The number of rotatable bonds is 5. The van der Waals surface area contributed by atoms with Crippen molar-refractivity contribution >= 4 is 15.9 Å². The lowest BCUT2D eigenvalue weighted by Crippen LogP contribution is -2.39. The topological polar surface area (TPSA) is 96.6 Å². The molecule has 1 saturated heterocycles. The predicted molar refractivity (Wildman–Crippen MR) is 95.0 cm³/mol. The molecule has 26 heavy (non-hydrogen) atoms. The van der Waals surface area contributed by atoms with E-state index in [1.807, 2.05) is 30.3 Å². The van der Waals surface area contributed by atoms with Gasteiger partial charge in [0.15, 0.2) is 5.82 Å². The van der Waals surface area contributed by atoms with E-state index in [-0.39, 0.29) is 24.3 Å². The minimum atomic E-state index is -3.41. The third-order valence-corrected chi connectivity index (χ3v) is 5.95. The second kappa shape index (κ2) is 7.16. The fourth-order valence-corrected chi connectivity index (χ4v) is 3.51. The van der Waals surface area contributed by atoms with Crippen LogP contribution in [0.25, 0.3) is 0 Å². The van der Waals surface area contributed by atoms with Gasteiger partial charge in [-0.15, -0.1) is 0 Å². The standard InChI is InChI=1S/C17H22N4O4S/c1-12-18-17(25-19-12)15-10-21(16(22)11-20(2)26(3,23)24)9-14(15)13-7-5-4-6-8-13/h4-8,14-15H,9-11H2,1-3H3. The highest BCUT2D eigenvalue weighted by molar-refractivity contribution is 7.88. The summed E-state index contributed by atoms with van der Waals surface area (Å²) in [5, 5.41) is 3.86.